The number of nitrogens with zero attached hydrogens (tertiary/aromatic N) is 2. The highest BCUT2D eigenvalue weighted by molar-refractivity contribution is 6.30. The summed E-state index contributed by atoms with van der Waals surface area (Å²) < 4.78 is 4.84. The SMILES string of the molecule is COC(=O)C(C)N1CCC2(CC1)CC(=O)N(Cc1ccc(Cl)cc1)C2. The van der Waals surface area contributed by atoms with Gasteiger partial charge in [0, 0.05) is 24.5 Å². The molecule has 1 unspecified atom stereocenters. The van der Waals surface area contributed by atoms with Crippen LogP contribution in [0.5, 0.6) is 0 Å². The number of amides is 1. The zero-order valence-corrected chi connectivity index (χ0v) is 15.6. The molecular weight excluding hydrogens is 340 g/mol. The smallest absolute Gasteiger partial charge is 0.322 e. The Hall–Kier alpha value is -1.59. The largest absolute Gasteiger partial charge is 0.468 e. The van der Waals surface area contributed by atoms with E-state index >= 15 is 0 Å². The highest BCUT2D eigenvalue weighted by Crippen LogP contribution is 2.41. The first-order chi connectivity index (χ1) is 11.9. The van der Waals surface area contributed by atoms with E-state index < -0.39 is 0 Å². The normalized spacial score (nSPS) is 21.6. The average molecular weight is 365 g/mol. The summed E-state index contributed by atoms with van der Waals surface area (Å²) in [7, 11) is 1.43. The predicted molar refractivity (Wildman–Crippen MR) is 96.2 cm³/mol. The lowest BCUT2D eigenvalue weighted by molar-refractivity contribution is -0.147. The number of methoxy groups -OCH3 is 1. The van der Waals surface area contributed by atoms with E-state index in [0.29, 0.717) is 18.0 Å². The van der Waals surface area contributed by atoms with Crippen molar-refractivity contribution in [2.45, 2.75) is 38.8 Å². The molecule has 2 aliphatic rings. The van der Waals surface area contributed by atoms with Gasteiger partial charge in [-0.15, -0.1) is 0 Å². The van der Waals surface area contributed by atoms with Crippen molar-refractivity contribution in [2.75, 3.05) is 26.7 Å². The van der Waals surface area contributed by atoms with Gasteiger partial charge >= 0.3 is 5.97 Å². The van der Waals surface area contributed by atoms with E-state index in [-0.39, 0.29) is 23.3 Å². The monoisotopic (exact) mass is 364 g/mol. The Morgan fingerprint density at radius 1 is 1.28 bits per heavy atom. The van der Waals surface area contributed by atoms with Crippen LogP contribution in [0.2, 0.25) is 5.02 Å². The highest BCUT2D eigenvalue weighted by atomic mass is 35.5. The molecule has 1 amide bonds. The van der Waals surface area contributed by atoms with Crippen LogP contribution >= 0.6 is 11.6 Å². The fourth-order valence-corrected chi connectivity index (χ4v) is 4.10. The molecule has 0 saturated carbocycles. The quantitative estimate of drug-likeness (QED) is 0.771. The van der Waals surface area contributed by atoms with Gasteiger partial charge < -0.3 is 9.64 Å². The molecule has 2 heterocycles. The third-order valence-corrected chi connectivity index (χ3v) is 5.89. The number of hydrogen-bond acceptors (Lipinski definition) is 4. The van der Waals surface area contributed by atoms with Crippen molar-refractivity contribution in [2.24, 2.45) is 5.41 Å². The van der Waals surface area contributed by atoms with Crippen molar-refractivity contribution >= 4 is 23.5 Å². The van der Waals surface area contributed by atoms with Crippen molar-refractivity contribution in [3.63, 3.8) is 0 Å². The summed E-state index contributed by atoms with van der Waals surface area (Å²) in [5.41, 5.74) is 1.15. The van der Waals surface area contributed by atoms with Gasteiger partial charge in [0.2, 0.25) is 5.91 Å². The maximum atomic E-state index is 12.5. The first-order valence-corrected chi connectivity index (χ1v) is 9.14. The maximum Gasteiger partial charge on any atom is 0.322 e. The molecule has 2 saturated heterocycles. The lowest BCUT2D eigenvalue weighted by atomic mass is 9.77. The first-order valence-electron chi connectivity index (χ1n) is 8.77. The molecule has 3 rings (SSSR count). The van der Waals surface area contributed by atoms with Gasteiger partial charge in [0.15, 0.2) is 0 Å². The minimum atomic E-state index is -0.218. The zero-order valence-electron chi connectivity index (χ0n) is 14.8. The van der Waals surface area contributed by atoms with Gasteiger partial charge in [-0.25, -0.2) is 0 Å². The number of esters is 1. The van der Waals surface area contributed by atoms with Crippen LogP contribution in [0.1, 0.15) is 31.7 Å². The van der Waals surface area contributed by atoms with Crippen LogP contribution < -0.4 is 0 Å². The lowest BCUT2D eigenvalue weighted by Gasteiger charge is -2.40. The Morgan fingerprint density at radius 3 is 2.52 bits per heavy atom. The van der Waals surface area contributed by atoms with Crippen LogP contribution in [-0.4, -0.2) is 54.5 Å². The molecule has 2 aliphatic heterocycles. The Balaban J connectivity index is 1.59. The van der Waals surface area contributed by atoms with Gasteiger partial charge in [-0.05, 0) is 56.0 Å². The van der Waals surface area contributed by atoms with Gasteiger partial charge in [-0.3, -0.25) is 14.5 Å². The molecule has 0 aromatic heterocycles. The van der Waals surface area contributed by atoms with Crippen molar-refractivity contribution in [1.82, 2.24) is 9.80 Å². The average Bonchev–Trinajstić information content (AvgIpc) is 2.91. The topological polar surface area (TPSA) is 49.9 Å². The number of carbonyl (C=O) groups is 2. The van der Waals surface area contributed by atoms with E-state index in [9.17, 15) is 9.59 Å². The number of hydrogen-bond donors (Lipinski definition) is 0. The molecule has 0 radical (unpaired) electrons. The molecule has 5 nitrogen and oxygen atoms in total. The molecule has 1 aromatic carbocycles. The van der Waals surface area contributed by atoms with E-state index in [2.05, 4.69) is 4.90 Å². The first kappa shape index (κ1) is 18.2. The molecule has 1 spiro atoms. The number of ether oxygens (including phenoxy) is 1. The molecule has 2 fully saturated rings. The van der Waals surface area contributed by atoms with Gasteiger partial charge in [0.05, 0.1) is 7.11 Å². The molecule has 0 bridgehead atoms. The second-order valence-electron chi connectivity index (χ2n) is 7.29. The van der Waals surface area contributed by atoms with Gasteiger partial charge in [-0.2, -0.15) is 0 Å². The molecule has 6 heteroatoms. The summed E-state index contributed by atoms with van der Waals surface area (Å²) in [4.78, 5) is 28.3. The molecule has 1 aromatic rings. The molecule has 25 heavy (non-hydrogen) atoms. The fraction of sp³-hybridized carbons (Fsp3) is 0.579. The Bertz CT molecular complexity index is 639. The summed E-state index contributed by atoms with van der Waals surface area (Å²) >= 11 is 5.93. The van der Waals surface area contributed by atoms with E-state index in [1.165, 1.54) is 7.11 Å². The van der Waals surface area contributed by atoms with Crippen LogP contribution in [0.25, 0.3) is 0 Å². The fourth-order valence-electron chi connectivity index (χ4n) is 3.98. The van der Waals surface area contributed by atoms with Crippen LogP contribution in [0, 0.1) is 5.41 Å². The molecule has 0 aliphatic carbocycles. The Labute approximate surface area is 153 Å². The zero-order chi connectivity index (χ0) is 18.0. The minimum Gasteiger partial charge on any atom is -0.468 e. The maximum absolute atomic E-state index is 12.5. The molecular formula is C19H25ClN2O3. The summed E-state index contributed by atoms with van der Waals surface area (Å²) in [6.07, 6.45) is 2.50. The number of halogens is 1. The van der Waals surface area contributed by atoms with Crippen LogP contribution in [0.15, 0.2) is 24.3 Å². The summed E-state index contributed by atoms with van der Waals surface area (Å²) in [5, 5.41) is 0.708. The minimum absolute atomic E-state index is 0.0514. The summed E-state index contributed by atoms with van der Waals surface area (Å²) in [6.45, 7) is 4.99. The van der Waals surface area contributed by atoms with Crippen LogP contribution in [0.4, 0.5) is 0 Å². The van der Waals surface area contributed by atoms with E-state index in [4.69, 9.17) is 16.3 Å². The second kappa shape index (κ2) is 7.34. The third-order valence-electron chi connectivity index (χ3n) is 5.64. The Morgan fingerprint density at radius 2 is 1.92 bits per heavy atom. The summed E-state index contributed by atoms with van der Waals surface area (Å²) in [5.74, 6) is 0.0345. The molecule has 1 atom stereocenters. The van der Waals surface area contributed by atoms with E-state index in [0.717, 1.165) is 38.0 Å². The number of benzene rings is 1. The van der Waals surface area contributed by atoms with E-state index in [1.807, 2.05) is 36.1 Å². The number of rotatable bonds is 4. The molecule has 136 valence electrons. The van der Waals surface area contributed by atoms with Gasteiger partial charge in [0.25, 0.3) is 0 Å². The second-order valence-corrected chi connectivity index (χ2v) is 7.72. The number of likely N-dealkylation sites (tertiary alicyclic amines) is 2. The van der Waals surface area contributed by atoms with Gasteiger partial charge in [0.1, 0.15) is 6.04 Å². The third kappa shape index (κ3) is 3.98. The highest BCUT2D eigenvalue weighted by Gasteiger charge is 2.45. The van der Waals surface area contributed by atoms with Crippen molar-refractivity contribution in [3.05, 3.63) is 34.9 Å². The van der Waals surface area contributed by atoms with E-state index in [1.54, 1.807) is 0 Å². The standard InChI is InChI=1S/C19H25ClN2O3/c1-14(18(24)25-2)21-9-7-19(8-10-21)11-17(23)22(13-19)12-15-3-5-16(20)6-4-15/h3-6,14H,7-13H2,1-2H3. The molecule has 0 N–H and O–H groups in total. The summed E-state index contributed by atoms with van der Waals surface area (Å²) in [6, 6.07) is 7.45. The van der Waals surface area contributed by atoms with Crippen molar-refractivity contribution in [3.8, 4) is 0 Å². The van der Waals surface area contributed by atoms with Crippen molar-refractivity contribution in [1.29, 1.82) is 0 Å². The van der Waals surface area contributed by atoms with Crippen LogP contribution in [-0.2, 0) is 20.9 Å². The van der Waals surface area contributed by atoms with Gasteiger partial charge in [-0.1, -0.05) is 23.7 Å². The van der Waals surface area contributed by atoms with Crippen LogP contribution in [0.3, 0.4) is 0 Å². The predicted octanol–water partition coefficient (Wildman–Crippen LogP) is 2.72. The number of carbonyl (C=O) groups excluding carboxylic acids is 2. The Kier molecular flexibility index (Phi) is 5.35. The number of piperidine rings is 1. The lowest BCUT2D eigenvalue weighted by Crippen LogP contribution is -2.48. The van der Waals surface area contributed by atoms with Crippen molar-refractivity contribution < 1.29 is 14.3 Å².